The molecule has 1 aliphatic rings. The summed E-state index contributed by atoms with van der Waals surface area (Å²) in [5, 5.41) is 0. The molecule has 1 heterocycles. The lowest BCUT2D eigenvalue weighted by Crippen LogP contribution is -2.54. The zero-order chi connectivity index (χ0) is 15.2. The Morgan fingerprint density at radius 3 is 2.81 bits per heavy atom. The summed E-state index contributed by atoms with van der Waals surface area (Å²) in [4.78, 5) is 16.5. The molecule has 21 heavy (non-hydrogen) atoms. The summed E-state index contributed by atoms with van der Waals surface area (Å²) < 4.78 is 5.65. The molecule has 1 aliphatic heterocycles. The molecule has 0 saturated carbocycles. The van der Waals surface area contributed by atoms with E-state index in [0.29, 0.717) is 18.3 Å². The van der Waals surface area contributed by atoms with Crippen LogP contribution in [0.1, 0.15) is 19.4 Å². The van der Waals surface area contributed by atoms with Gasteiger partial charge in [0, 0.05) is 37.8 Å². The molecule has 1 fully saturated rings. The van der Waals surface area contributed by atoms with Crippen molar-refractivity contribution < 1.29 is 9.53 Å². The number of benzene rings is 1. The minimum absolute atomic E-state index is 0.0458. The molecule has 1 saturated heterocycles. The maximum absolute atomic E-state index is 12.3. The number of hydrogen-bond acceptors (Lipinski definition) is 4. The maximum atomic E-state index is 12.3. The van der Waals surface area contributed by atoms with E-state index in [1.165, 1.54) is 0 Å². The van der Waals surface area contributed by atoms with Gasteiger partial charge in [0.15, 0.2) is 6.61 Å². The standard InChI is InChI=1S/C16H25N3O2/c1-3-18-8-9-19(11-13(18)2)16(20)12-21-15-7-5-4-6-14(15)10-17/h4-7,13H,3,8-12,17H2,1-2H3. The zero-order valence-corrected chi connectivity index (χ0v) is 12.9. The van der Waals surface area contributed by atoms with Gasteiger partial charge < -0.3 is 15.4 Å². The fourth-order valence-corrected chi connectivity index (χ4v) is 2.74. The molecule has 1 atom stereocenters. The predicted molar refractivity (Wildman–Crippen MR) is 83.1 cm³/mol. The van der Waals surface area contributed by atoms with Gasteiger partial charge in [-0.25, -0.2) is 0 Å². The molecule has 1 amide bonds. The van der Waals surface area contributed by atoms with Gasteiger partial charge in [-0.05, 0) is 19.5 Å². The van der Waals surface area contributed by atoms with Gasteiger partial charge in [-0.1, -0.05) is 25.1 Å². The number of carbonyl (C=O) groups is 1. The molecule has 116 valence electrons. The minimum atomic E-state index is 0.0458. The van der Waals surface area contributed by atoms with Crippen molar-refractivity contribution in [3.63, 3.8) is 0 Å². The van der Waals surface area contributed by atoms with Crippen LogP contribution < -0.4 is 10.5 Å². The molecule has 1 aromatic carbocycles. The van der Waals surface area contributed by atoms with Gasteiger partial charge in [-0.3, -0.25) is 9.69 Å². The Balaban J connectivity index is 1.88. The van der Waals surface area contributed by atoms with Crippen molar-refractivity contribution in [1.82, 2.24) is 9.80 Å². The second kappa shape index (κ2) is 7.43. The van der Waals surface area contributed by atoms with Crippen LogP contribution >= 0.6 is 0 Å². The van der Waals surface area contributed by atoms with Gasteiger partial charge in [0.1, 0.15) is 5.75 Å². The number of ether oxygens (including phenoxy) is 1. The Labute approximate surface area is 126 Å². The zero-order valence-electron chi connectivity index (χ0n) is 12.9. The summed E-state index contributed by atoms with van der Waals surface area (Å²) in [7, 11) is 0. The Hall–Kier alpha value is -1.59. The van der Waals surface area contributed by atoms with Crippen LogP contribution in [-0.2, 0) is 11.3 Å². The molecule has 5 nitrogen and oxygen atoms in total. The average molecular weight is 291 g/mol. The first-order chi connectivity index (χ1) is 10.2. The molecule has 1 aromatic rings. The number of hydrogen-bond donors (Lipinski definition) is 1. The fraction of sp³-hybridized carbons (Fsp3) is 0.562. The van der Waals surface area contributed by atoms with Crippen molar-refractivity contribution in [3.8, 4) is 5.75 Å². The first-order valence-electron chi connectivity index (χ1n) is 7.58. The van der Waals surface area contributed by atoms with E-state index in [1.807, 2.05) is 29.2 Å². The molecule has 0 spiro atoms. The van der Waals surface area contributed by atoms with E-state index in [9.17, 15) is 4.79 Å². The van der Waals surface area contributed by atoms with Gasteiger partial charge in [0.05, 0.1) is 0 Å². The van der Waals surface area contributed by atoms with Gasteiger partial charge >= 0.3 is 0 Å². The molecular formula is C16H25N3O2. The highest BCUT2D eigenvalue weighted by Crippen LogP contribution is 2.17. The third-order valence-electron chi connectivity index (χ3n) is 4.07. The fourth-order valence-electron chi connectivity index (χ4n) is 2.74. The second-order valence-electron chi connectivity index (χ2n) is 5.42. The largest absolute Gasteiger partial charge is 0.483 e. The number of carbonyl (C=O) groups excluding carboxylic acids is 1. The highest BCUT2D eigenvalue weighted by molar-refractivity contribution is 5.78. The van der Waals surface area contributed by atoms with E-state index in [1.54, 1.807) is 0 Å². The second-order valence-corrected chi connectivity index (χ2v) is 5.42. The molecule has 2 N–H and O–H groups in total. The van der Waals surface area contributed by atoms with Crippen LogP contribution in [0.15, 0.2) is 24.3 Å². The predicted octanol–water partition coefficient (Wildman–Crippen LogP) is 1.08. The van der Waals surface area contributed by atoms with Crippen molar-refractivity contribution in [2.75, 3.05) is 32.8 Å². The monoisotopic (exact) mass is 291 g/mol. The Morgan fingerprint density at radius 2 is 2.14 bits per heavy atom. The number of amides is 1. The van der Waals surface area contributed by atoms with Gasteiger partial charge in [-0.15, -0.1) is 0 Å². The molecular weight excluding hydrogens is 266 g/mol. The summed E-state index contributed by atoms with van der Waals surface area (Å²) in [5.41, 5.74) is 6.59. The maximum Gasteiger partial charge on any atom is 0.260 e. The number of para-hydroxylation sites is 1. The van der Waals surface area contributed by atoms with Crippen LogP contribution in [0.5, 0.6) is 5.75 Å². The summed E-state index contributed by atoms with van der Waals surface area (Å²) in [5.74, 6) is 0.748. The molecule has 2 rings (SSSR count). The van der Waals surface area contributed by atoms with Crippen LogP contribution in [0.3, 0.4) is 0 Å². The smallest absolute Gasteiger partial charge is 0.260 e. The first-order valence-corrected chi connectivity index (χ1v) is 7.58. The van der Waals surface area contributed by atoms with Crippen molar-refractivity contribution in [2.24, 2.45) is 5.73 Å². The van der Waals surface area contributed by atoms with Gasteiger partial charge in [0.25, 0.3) is 5.91 Å². The lowest BCUT2D eigenvalue weighted by Gasteiger charge is -2.39. The van der Waals surface area contributed by atoms with E-state index in [4.69, 9.17) is 10.5 Å². The van der Waals surface area contributed by atoms with E-state index < -0.39 is 0 Å². The lowest BCUT2D eigenvalue weighted by atomic mass is 10.2. The van der Waals surface area contributed by atoms with Crippen LogP contribution in [-0.4, -0.2) is 54.5 Å². The first kappa shape index (κ1) is 15.8. The summed E-state index contributed by atoms with van der Waals surface area (Å²) in [6, 6.07) is 7.99. The quantitative estimate of drug-likeness (QED) is 0.882. The third kappa shape index (κ3) is 3.95. The number of piperazine rings is 1. The molecule has 0 aromatic heterocycles. The summed E-state index contributed by atoms with van der Waals surface area (Å²) in [6.45, 7) is 8.32. The molecule has 5 heteroatoms. The highest BCUT2D eigenvalue weighted by Gasteiger charge is 2.25. The number of nitrogens with zero attached hydrogens (tertiary/aromatic N) is 2. The molecule has 1 unspecified atom stereocenters. The molecule has 0 radical (unpaired) electrons. The lowest BCUT2D eigenvalue weighted by molar-refractivity contribution is -0.136. The van der Waals surface area contributed by atoms with Crippen molar-refractivity contribution in [3.05, 3.63) is 29.8 Å². The van der Waals surface area contributed by atoms with E-state index in [-0.39, 0.29) is 12.5 Å². The van der Waals surface area contributed by atoms with Gasteiger partial charge in [-0.2, -0.15) is 0 Å². The van der Waals surface area contributed by atoms with E-state index in [0.717, 1.165) is 31.7 Å². The normalized spacial score (nSPS) is 19.6. The van der Waals surface area contributed by atoms with Crippen molar-refractivity contribution in [1.29, 1.82) is 0 Å². The summed E-state index contributed by atoms with van der Waals surface area (Å²) in [6.07, 6.45) is 0. The minimum Gasteiger partial charge on any atom is -0.483 e. The number of rotatable bonds is 5. The molecule has 0 bridgehead atoms. The van der Waals surface area contributed by atoms with E-state index in [2.05, 4.69) is 18.7 Å². The van der Waals surface area contributed by atoms with Crippen LogP contribution in [0.4, 0.5) is 0 Å². The number of likely N-dealkylation sites (N-methyl/N-ethyl adjacent to an activating group) is 1. The third-order valence-corrected chi connectivity index (χ3v) is 4.07. The van der Waals surface area contributed by atoms with Crippen molar-refractivity contribution in [2.45, 2.75) is 26.4 Å². The highest BCUT2D eigenvalue weighted by atomic mass is 16.5. The Bertz CT molecular complexity index is 478. The van der Waals surface area contributed by atoms with Gasteiger partial charge in [0.2, 0.25) is 0 Å². The van der Waals surface area contributed by atoms with Crippen LogP contribution in [0, 0.1) is 0 Å². The SMILES string of the molecule is CCN1CCN(C(=O)COc2ccccc2CN)CC1C. The summed E-state index contributed by atoms with van der Waals surface area (Å²) >= 11 is 0. The number of nitrogens with two attached hydrogens (primary N) is 1. The van der Waals surface area contributed by atoms with Crippen molar-refractivity contribution >= 4 is 5.91 Å². The molecule has 0 aliphatic carbocycles. The Morgan fingerprint density at radius 1 is 1.38 bits per heavy atom. The topological polar surface area (TPSA) is 58.8 Å². The van der Waals surface area contributed by atoms with Crippen LogP contribution in [0.25, 0.3) is 0 Å². The van der Waals surface area contributed by atoms with E-state index >= 15 is 0 Å². The van der Waals surface area contributed by atoms with Crippen LogP contribution in [0.2, 0.25) is 0 Å². The Kier molecular flexibility index (Phi) is 5.59. The average Bonchev–Trinajstić information content (AvgIpc) is 2.52.